The zero-order valence-corrected chi connectivity index (χ0v) is 20.8. The number of ether oxygens (including phenoxy) is 4. The molecule has 0 N–H and O–H groups in total. The number of rotatable bonds is 5. The third-order valence-electron chi connectivity index (χ3n) is 6.18. The minimum atomic E-state index is -1.09. The van der Waals surface area contributed by atoms with Crippen molar-refractivity contribution >= 4 is 51.4 Å². The Labute approximate surface area is 211 Å². The first-order valence-corrected chi connectivity index (χ1v) is 12.2. The molecule has 34 heavy (non-hydrogen) atoms. The van der Waals surface area contributed by atoms with Crippen molar-refractivity contribution in [1.82, 2.24) is 0 Å². The van der Waals surface area contributed by atoms with Crippen LogP contribution >= 0.6 is 22.6 Å². The Morgan fingerprint density at radius 1 is 1.00 bits per heavy atom. The van der Waals surface area contributed by atoms with Gasteiger partial charge in [-0.3, -0.25) is 0 Å². The number of benzene rings is 3. The first kappa shape index (κ1) is 22.7. The summed E-state index contributed by atoms with van der Waals surface area (Å²) < 4.78 is 23.6. The Morgan fingerprint density at radius 3 is 2.44 bits per heavy atom. The lowest BCUT2D eigenvalue weighted by atomic mass is 10.1. The molecule has 2 aliphatic rings. The largest absolute Gasteiger partial charge is 0.493 e. The smallest absolute Gasteiger partial charge is 0.348 e. The Bertz CT molecular complexity index is 1280. The van der Waals surface area contributed by atoms with Crippen molar-refractivity contribution in [2.75, 3.05) is 7.11 Å². The summed E-state index contributed by atoms with van der Waals surface area (Å²) in [6, 6.07) is 17.8. The molecule has 1 saturated heterocycles. The molecule has 1 heterocycles. The molecule has 0 unspecified atom stereocenters. The van der Waals surface area contributed by atoms with Gasteiger partial charge >= 0.3 is 11.9 Å². The Balaban J connectivity index is 1.39. The summed E-state index contributed by atoms with van der Waals surface area (Å²) in [5, 5.41) is 2.28. The van der Waals surface area contributed by atoms with Crippen LogP contribution in [-0.4, -0.2) is 24.8 Å². The van der Waals surface area contributed by atoms with Gasteiger partial charge in [0.25, 0.3) is 5.79 Å². The molecular formula is C27H23IO6. The van der Waals surface area contributed by atoms with E-state index in [4.69, 9.17) is 18.9 Å². The molecular weight excluding hydrogens is 547 g/mol. The first-order chi connectivity index (χ1) is 16.5. The van der Waals surface area contributed by atoms with Crippen LogP contribution in [0.3, 0.4) is 0 Å². The van der Waals surface area contributed by atoms with Crippen molar-refractivity contribution in [3.63, 3.8) is 0 Å². The monoisotopic (exact) mass is 570 g/mol. The summed E-state index contributed by atoms with van der Waals surface area (Å²) in [6.07, 6.45) is 4.31. The van der Waals surface area contributed by atoms with Crippen LogP contribution < -0.4 is 9.47 Å². The molecule has 0 bridgehead atoms. The lowest BCUT2D eigenvalue weighted by molar-refractivity contribution is -0.232. The van der Waals surface area contributed by atoms with Crippen molar-refractivity contribution in [3.8, 4) is 11.5 Å². The molecule has 7 heteroatoms. The van der Waals surface area contributed by atoms with Crippen molar-refractivity contribution < 1.29 is 28.5 Å². The summed E-state index contributed by atoms with van der Waals surface area (Å²) in [5.41, 5.74) is 1.56. The second kappa shape index (κ2) is 9.29. The number of fused-ring (bicyclic) bond motifs is 1. The van der Waals surface area contributed by atoms with Gasteiger partial charge in [0.2, 0.25) is 0 Å². The third-order valence-corrected chi connectivity index (χ3v) is 6.98. The van der Waals surface area contributed by atoms with Gasteiger partial charge in [-0.05, 0) is 75.5 Å². The molecule has 5 rings (SSSR count). The molecule has 2 fully saturated rings. The standard InChI is InChI=1S/C27H23IO6/c1-31-23-15-17(13-21-25(29)33-27(34-26(21)30)11-4-5-12-27)14-22(28)24(23)32-16-19-9-6-8-18-7-2-3-10-20(18)19/h2-3,6-10,13-15H,4-5,11-12,16H2,1H3. The average molecular weight is 570 g/mol. The molecule has 3 aromatic carbocycles. The number of carbonyl (C=O) groups is 2. The van der Waals surface area contributed by atoms with E-state index in [2.05, 4.69) is 40.8 Å². The number of methoxy groups -OCH3 is 1. The van der Waals surface area contributed by atoms with Gasteiger partial charge in [0, 0.05) is 12.8 Å². The van der Waals surface area contributed by atoms with Crippen LogP contribution in [0.5, 0.6) is 11.5 Å². The van der Waals surface area contributed by atoms with Gasteiger partial charge in [-0.1, -0.05) is 42.5 Å². The van der Waals surface area contributed by atoms with Gasteiger partial charge in [-0.15, -0.1) is 0 Å². The van der Waals surface area contributed by atoms with Gasteiger partial charge in [0.15, 0.2) is 11.5 Å². The van der Waals surface area contributed by atoms with Gasteiger partial charge in [-0.2, -0.15) is 0 Å². The summed E-state index contributed by atoms with van der Waals surface area (Å²) in [4.78, 5) is 25.2. The molecule has 1 spiro atoms. The molecule has 6 nitrogen and oxygen atoms in total. The van der Waals surface area contributed by atoms with E-state index >= 15 is 0 Å². The predicted molar refractivity (Wildman–Crippen MR) is 135 cm³/mol. The van der Waals surface area contributed by atoms with E-state index in [0.29, 0.717) is 36.5 Å². The number of esters is 2. The molecule has 1 saturated carbocycles. The van der Waals surface area contributed by atoms with Crippen molar-refractivity contribution in [3.05, 3.63) is 74.9 Å². The molecule has 0 atom stereocenters. The van der Waals surface area contributed by atoms with Crippen molar-refractivity contribution in [2.24, 2.45) is 0 Å². The van der Waals surface area contributed by atoms with Gasteiger partial charge < -0.3 is 18.9 Å². The zero-order chi connectivity index (χ0) is 23.7. The fourth-order valence-electron chi connectivity index (χ4n) is 4.49. The number of halogens is 1. The highest BCUT2D eigenvalue weighted by Gasteiger charge is 2.47. The summed E-state index contributed by atoms with van der Waals surface area (Å²) >= 11 is 2.16. The maximum Gasteiger partial charge on any atom is 0.348 e. The van der Waals surface area contributed by atoms with E-state index in [1.165, 1.54) is 6.08 Å². The Hall–Kier alpha value is -3.07. The highest BCUT2D eigenvalue weighted by molar-refractivity contribution is 14.1. The first-order valence-electron chi connectivity index (χ1n) is 11.1. The molecule has 0 amide bonds. The van der Waals surface area contributed by atoms with E-state index in [9.17, 15) is 9.59 Å². The maximum absolute atomic E-state index is 12.6. The zero-order valence-electron chi connectivity index (χ0n) is 18.6. The normalized spacial score (nSPS) is 16.9. The fourth-order valence-corrected chi connectivity index (χ4v) is 5.27. The minimum Gasteiger partial charge on any atom is -0.493 e. The van der Waals surface area contributed by atoms with Crippen LogP contribution in [0.1, 0.15) is 36.8 Å². The van der Waals surface area contributed by atoms with Crippen molar-refractivity contribution in [1.29, 1.82) is 0 Å². The van der Waals surface area contributed by atoms with Crippen LogP contribution in [0.4, 0.5) is 0 Å². The Morgan fingerprint density at radius 2 is 1.71 bits per heavy atom. The Kier molecular flexibility index (Phi) is 6.20. The number of carbonyl (C=O) groups excluding carboxylic acids is 2. The highest BCUT2D eigenvalue weighted by atomic mass is 127. The van der Waals surface area contributed by atoms with Crippen LogP contribution in [0.25, 0.3) is 16.8 Å². The molecule has 1 aliphatic carbocycles. The topological polar surface area (TPSA) is 71.1 Å². The lowest BCUT2D eigenvalue weighted by Crippen LogP contribution is -2.44. The van der Waals surface area contributed by atoms with Crippen LogP contribution in [0.2, 0.25) is 0 Å². The molecule has 0 aromatic heterocycles. The lowest BCUT2D eigenvalue weighted by Gasteiger charge is -2.32. The van der Waals surface area contributed by atoms with Crippen LogP contribution in [-0.2, 0) is 25.7 Å². The second-order valence-corrected chi connectivity index (χ2v) is 9.58. The summed E-state index contributed by atoms with van der Waals surface area (Å²) in [7, 11) is 1.56. The van der Waals surface area contributed by atoms with Crippen LogP contribution in [0.15, 0.2) is 60.2 Å². The fraction of sp³-hybridized carbons (Fsp3) is 0.259. The van der Waals surface area contributed by atoms with E-state index in [1.54, 1.807) is 13.2 Å². The van der Waals surface area contributed by atoms with E-state index in [1.807, 2.05) is 30.3 Å². The van der Waals surface area contributed by atoms with E-state index in [0.717, 1.165) is 32.7 Å². The number of hydrogen-bond acceptors (Lipinski definition) is 6. The quantitative estimate of drug-likeness (QED) is 0.168. The van der Waals surface area contributed by atoms with Gasteiger partial charge in [-0.25, -0.2) is 9.59 Å². The van der Waals surface area contributed by atoms with E-state index < -0.39 is 17.7 Å². The molecule has 1 aliphatic heterocycles. The predicted octanol–water partition coefficient (Wildman–Crippen LogP) is 5.79. The minimum absolute atomic E-state index is 0.125. The molecule has 3 aromatic rings. The number of hydrogen-bond donors (Lipinski definition) is 0. The van der Waals surface area contributed by atoms with Crippen molar-refractivity contribution in [2.45, 2.75) is 38.1 Å². The molecule has 174 valence electrons. The molecule has 0 radical (unpaired) electrons. The summed E-state index contributed by atoms with van der Waals surface area (Å²) in [6.45, 7) is 0.370. The average Bonchev–Trinajstić information content (AvgIpc) is 3.27. The highest BCUT2D eigenvalue weighted by Crippen LogP contribution is 2.40. The van der Waals surface area contributed by atoms with Gasteiger partial charge in [0.05, 0.1) is 10.7 Å². The SMILES string of the molecule is COc1cc(C=C2C(=O)OC3(CCCC3)OC2=O)cc(I)c1OCc1cccc2ccccc12. The third kappa shape index (κ3) is 4.36. The van der Waals surface area contributed by atoms with Crippen LogP contribution in [0, 0.1) is 3.57 Å². The van der Waals surface area contributed by atoms with E-state index in [-0.39, 0.29) is 5.57 Å². The maximum atomic E-state index is 12.6. The van der Waals surface area contributed by atoms with Gasteiger partial charge in [0.1, 0.15) is 12.2 Å². The second-order valence-electron chi connectivity index (χ2n) is 8.42. The summed E-state index contributed by atoms with van der Waals surface area (Å²) in [5.74, 6) is -1.29.